The zero-order chi connectivity index (χ0) is 19.2. The molecule has 1 aromatic carbocycles. The minimum atomic E-state index is -0.148. The molecule has 0 saturated carbocycles. The molecule has 1 aliphatic rings. The van der Waals surface area contributed by atoms with E-state index < -0.39 is 0 Å². The van der Waals surface area contributed by atoms with Gasteiger partial charge in [-0.25, -0.2) is 0 Å². The van der Waals surface area contributed by atoms with Crippen molar-refractivity contribution in [3.63, 3.8) is 0 Å². The van der Waals surface area contributed by atoms with E-state index in [2.05, 4.69) is 10.5 Å². The summed E-state index contributed by atoms with van der Waals surface area (Å²) in [6.07, 6.45) is 2.33. The SMILES string of the molecule is Cc1noc(C)c1COc1cccc(C(=O)NCCCN2CCCC2=O)c1. The van der Waals surface area contributed by atoms with Gasteiger partial charge in [-0.3, -0.25) is 9.59 Å². The highest BCUT2D eigenvalue weighted by Crippen LogP contribution is 2.18. The molecule has 0 bridgehead atoms. The smallest absolute Gasteiger partial charge is 0.251 e. The number of nitrogens with one attached hydrogen (secondary N) is 1. The first-order valence-electron chi connectivity index (χ1n) is 9.25. The molecule has 2 aromatic rings. The topological polar surface area (TPSA) is 84.7 Å². The lowest BCUT2D eigenvalue weighted by molar-refractivity contribution is -0.127. The Morgan fingerprint density at radius 2 is 2.22 bits per heavy atom. The molecular formula is C20H25N3O4. The van der Waals surface area contributed by atoms with Crippen LogP contribution in [0.4, 0.5) is 0 Å². The number of rotatable bonds is 8. The summed E-state index contributed by atoms with van der Waals surface area (Å²) < 4.78 is 10.9. The molecule has 0 spiro atoms. The van der Waals surface area contributed by atoms with Gasteiger partial charge in [-0.1, -0.05) is 11.2 Å². The summed E-state index contributed by atoms with van der Waals surface area (Å²) in [4.78, 5) is 25.7. The van der Waals surface area contributed by atoms with Crippen molar-refractivity contribution in [1.82, 2.24) is 15.4 Å². The van der Waals surface area contributed by atoms with Crippen molar-refractivity contribution >= 4 is 11.8 Å². The Kier molecular flexibility index (Phi) is 6.11. The van der Waals surface area contributed by atoms with Gasteiger partial charge in [0.1, 0.15) is 18.1 Å². The van der Waals surface area contributed by atoms with Crippen LogP contribution < -0.4 is 10.1 Å². The fraction of sp³-hybridized carbons (Fsp3) is 0.450. The third-order valence-corrected chi connectivity index (χ3v) is 4.72. The fourth-order valence-electron chi connectivity index (χ4n) is 3.10. The van der Waals surface area contributed by atoms with Crippen LogP contribution in [0.3, 0.4) is 0 Å². The Bertz CT molecular complexity index is 796. The molecule has 1 N–H and O–H groups in total. The average molecular weight is 371 g/mol. The van der Waals surface area contributed by atoms with Gasteiger partial charge in [0.15, 0.2) is 0 Å². The normalized spacial score (nSPS) is 13.9. The number of carbonyl (C=O) groups is 2. The molecule has 1 fully saturated rings. The van der Waals surface area contributed by atoms with Crippen LogP contribution in [0.25, 0.3) is 0 Å². The van der Waals surface area contributed by atoms with Crippen molar-refractivity contribution < 1.29 is 18.8 Å². The highest BCUT2D eigenvalue weighted by molar-refractivity contribution is 5.94. The zero-order valence-corrected chi connectivity index (χ0v) is 15.8. The van der Waals surface area contributed by atoms with Gasteiger partial charge in [-0.05, 0) is 44.9 Å². The number of carbonyl (C=O) groups excluding carboxylic acids is 2. The number of benzene rings is 1. The maximum atomic E-state index is 12.3. The average Bonchev–Trinajstić information content (AvgIpc) is 3.22. The third-order valence-electron chi connectivity index (χ3n) is 4.72. The molecule has 1 saturated heterocycles. The Morgan fingerprint density at radius 3 is 2.93 bits per heavy atom. The first-order valence-corrected chi connectivity index (χ1v) is 9.25. The van der Waals surface area contributed by atoms with E-state index in [4.69, 9.17) is 9.26 Å². The van der Waals surface area contributed by atoms with Gasteiger partial charge in [0.2, 0.25) is 5.91 Å². The highest BCUT2D eigenvalue weighted by Gasteiger charge is 2.19. The predicted molar refractivity (Wildman–Crippen MR) is 99.5 cm³/mol. The maximum absolute atomic E-state index is 12.3. The minimum absolute atomic E-state index is 0.148. The van der Waals surface area contributed by atoms with Crippen LogP contribution in [-0.2, 0) is 11.4 Å². The van der Waals surface area contributed by atoms with Gasteiger partial charge in [0.05, 0.1) is 11.3 Å². The summed E-state index contributed by atoms with van der Waals surface area (Å²) in [6, 6.07) is 7.08. The monoisotopic (exact) mass is 371 g/mol. The molecule has 0 unspecified atom stereocenters. The van der Waals surface area contributed by atoms with E-state index in [-0.39, 0.29) is 11.8 Å². The summed E-state index contributed by atoms with van der Waals surface area (Å²) >= 11 is 0. The van der Waals surface area contributed by atoms with Crippen molar-refractivity contribution in [2.24, 2.45) is 0 Å². The van der Waals surface area contributed by atoms with Gasteiger partial charge in [0, 0.05) is 31.6 Å². The Morgan fingerprint density at radius 1 is 1.37 bits per heavy atom. The van der Waals surface area contributed by atoms with Gasteiger partial charge in [-0.15, -0.1) is 0 Å². The van der Waals surface area contributed by atoms with Crippen LogP contribution in [-0.4, -0.2) is 41.5 Å². The molecule has 1 aromatic heterocycles. The zero-order valence-electron chi connectivity index (χ0n) is 15.8. The maximum Gasteiger partial charge on any atom is 0.251 e. The molecule has 2 heterocycles. The van der Waals surface area contributed by atoms with Gasteiger partial charge in [0.25, 0.3) is 5.91 Å². The summed E-state index contributed by atoms with van der Waals surface area (Å²) in [6.45, 7) is 6.12. The quantitative estimate of drug-likeness (QED) is 0.721. The second-order valence-corrected chi connectivity index (χ2v) is 6.71. The molecule has 2 amide bonds. The van der Waals surface area contributed by atoms with E-state index in [0.717, 1.165) is 36.4 Å². The molecule has 0 aliphatic carbocycles. The van der Waals surface area contributed by atoms with Gasteiger partial charge < -0.3 is 19.5 Å². The molecule has 144 valence electrons. The summed E-state index contributed by atoms with van der Waals surface area (Å²) in [5.74, 6) is 1.42. The second kappa shape index (κ2) is 8.70. The Labute approximate surface area is 158 Å². The lowest BCUT2D eigenvalue weighted by Crippen LogP contribution is -2.30. The van der Waals surface area contributed by atoms with Crippen molar-refractivity contribution in [3.05, 3.63) is 46.8 Å². The van der Waals surface area contributed by atoms with Crippen LogP contribution >= 0.6 is 0 Å². The van der Waals surface area contributed by atoms with E-state index in [1.54, 1.807) is 18.2 Å². The number of amides is 2. The number of likely N-dealkylation sites (tertiary alicyclic amines) is 1. The number of hydrogen-bond donors (Lipinski definition) is 1. The van der Waals surface area contributed by atoms with E-state index >= 15 is 0 Å². The van der Waals surface area contributed by atoms with Crippen molar-refractivity contribution in [2.45, 2.75) is 39.7 Å². The number of aryl methyl sites for hydroxylation is 2. The van der Waals surface area contributed by atoms with Crippen LogP contribution in [0.2, 0.25) is 0 Å². The molecule has 0 atom stereocenters. The Balaban J connectivity index is 1.47. The molecule has 1 aliphatic heterocycles. The molecule has 27 heavy (non-hydrogen) atoms. The summed E-state index contributed by atoms with van der Waals surface area (Å²) in [7, 11) is 0. The molecule has 7 nitrogen and oxygen atoms in total. The van der Waals surface area contributed by atoms with E-state index in [1.165, 1.54) is 0 Å². The molecule has 7 heteroatoms. The lowest BCUT2D eigenvalue weighted by Gasteiger charge is -2.15. The second-order valence-electron chi connectivity index (χ2n) is 6.71. The van der Waals surface area contributed by atoms with Crippen molar-refractivity contribution in [3.8, 4) is 5.75 Å². The standard InChI is InChI=1S/C20H25N3O4/c1-14-18(15(2)27-22-14)13-26-17-7-3-6-16(12-17)20(25)21-9-5-11-23-10-4-8-19(23)24/h3,6-7,12H,4-5,8-11,13H2,1-2H3,(H,21,25). The predicted octanol–water partition coefficient (Wildman–Crippen LogP) is 2.61. The fourth-order valence-corrected chi connectivity index (χ4v) is 3.10. The molecular weight excluding hydrogens is 346 g/mol. The first-order chi connectivity index (χ1) is 13.0. The van der Waals surface area contributed by atoms with Crippen LogP contribution in [0, 0.1) is 13.8 Å². The Hall–Kier alpha value is -2.83. The van der Waals surface area contributed by atoms with Crippen LogP contribution in [0.5, 0.6) is 5.75 Å². The summed E-state index contributed by atoms with van der Waals surface area (Å²) in [5.41, 5.74) is 2.27. The largest absolute Gasteiger partial charge is 0.489 e. The highest BCUT2D eigenvalue weighted by atomic mass is 16.5. The van der Waals surface area contributed by atoms with E-state index in [9.17, 15) is 9.59 Å². The van der Waals surface area contributed by atoms with E-state index in [0.29, 0.717) is 37.4 Å². The minimum Gasteiger partial charge on any atom is -0.489 e. The van der Waals surface area contributed by atoms with Crippen LogP contribution in [0.1, 0.15) is 46.6 Å². The van der Waals surface area contributed by atoms with Gasteiger partial charge in [-0.2, -0.15) is 0 Å². The number of aromatic nitrogens is 1. The molecule has 0 radical (unpaired) electrons. The number of ether oxygens (including phenoxy) is 1. The molecule has 3 rings (SSSR count). The summed E-state index contributed by atoms with van der Waals surface area (Å²) in [5, 5.41) is 6.80. The van der Waals surface area contributed by atoms with Crippen molar-refractivity contribution in [2.75, 3.05) is 19.6 Å². The number of nitrogens with zero attached hydrogens (tertiary/aromatic N) is 2. The first kappa shape index (κ1) is 18.9. The van der Waals surface area contributed by atoms with Crippen molar-refractivity contribution in [1.29, 1.82) is 0 Å². The van der Waals surface area contributed by atoms with Crippen LogP contribution in [0.15, 0.2) is 28.8 Å². The van der Waals surface area contributed by atoms with Gasteiger partial charge >= 0.3 is 0 Å². The number of hydrogen-bond acceptors (Lipinski definition) is 5. The van der Waals surface area contributed by atoms with E-state index in [1.807, 2.05) is 24.8 Å². The lowest BCUT2D eigenvalue weighted by atomic mass is 10.2. The third kappa shape index (κ3) is 4.87.